The maximum absolute atomic E-state index is 12.6. The van der Waals surface area contributed by atoms with Crippen molar-refractivity contribution in [2.75, 3.05) is 19.3 Å². The van der Waals surface area contributed by atoms with Crippen molar-refractivity contribution in [3.63, 3.8) is 0 Å². The van der Waals surface area contributed by atoms with Gasteiger partial charge in [-0.05, 0) is 42.5 Å². The molecule has 0 unspecified atom stereocenters. The number of fused-ring (bicyclic) bond motifs is 1. The standard InChI is InChI=1S/C20H23N3O5S3/c1-5-23(6-2)31(27,28)15-9-7-14(8-10-15)19(24)21-20-22(3)17-12-11-16(30(4,25)26)13-18(17)29-20/h7-13H,5-6H2,1-4H3. The van der Waals surface area contributed by atoms with Crippen molar-refractivity contribution < 1.29 is 21.6 Å². The molecule has 11 heteroatoms. The van der Waals surface area contributed by atoms with Crippen LogP contribution in [-0.2, 0) is 26.9 Å². The highest BCUT2D eigenvalue weighted by Crippen LogP contribution is 2.21. The Hall–Kier alpha value is -2.34. The monoisotopic (exact) mass is 481 g/mol. The summed E-state index contributed by atoms with van der Waals surface area (Å²) in [7, 11) is -5.20. The molecule has 3 aromatic rings. The zero-order valence-corrected chi connectivity index (χ0v) is 20.0. The molecule has 0 saturated carbocycles. The number of aromatic nitrogens is 1. The summed E-state index contributed by atoms with van der Waals surface area (Å²) in [5, 5.41) is 0. The number of aryl methyl sites for hydroxylation is 1. The number of sulfone groups is 1. The van der Waals surface area contributed by atoms with Gasteiger partial charge in [0.25, 0.3) is 5.91 Å². The van der Waals surface area contributed by atoms with Crippen LogP contribution >= 0.6 is 11.3 Å². The van der Waals surface area contributed by atoms with E-state index in [0.717, 1.165) is 11.8 Å². The molecule has 1 amide bonds. The SMILES string of the molecule is CCN(CC)S(=O)(=O)c1ccc(C(=O)N=c2sc3cc(S(C)(=O)=O)ccc3n2C)cc1. The molecule has 166 valence electrons. The fourth-order valence-corrected chi connectivity index (χ4v) is 6.32. The molecule has 1 heterocycles. The Morgan fingerprint density at radius 3 is 2.13 bits per heavy atom. The Balaban J connectivity index is 1.97. The second kappa shape index (κ2) is 8.65. The van der Waals surface area contributed by atoms with Crippen molar-refractivity contribution in [3.8, 4) is 0 Å². The van der Waals surface area contributed by atoms with Crippen LogP contribution in [0.15, 0.2) is 57.2 Å². The van der Waals surface area contributed by atoms with E-state index in [9.17, 15) is 21.6 Å². The largest absolute Gasteiger partial charge is 0.319 e. The fraction of sp³-hybridized carbons (Fsp3) is 0.300. The fourth-order valence-electron chi connectivity index (χ4n) is 3.09. The molecule has 0 atom stereocenters. The first kappa shape index (κ1) is 23.3. The molecule has 31 heavy (non-hydrogen) atoms. The molecule has 0 saturated heterocycles. The van der Waals surface area contributed by atoms with Crippen molar-refractivity contribution in [2.45, 2.75) is 23.6 Å². The van der Waals surface area contributed by atoms with E-state index in [2.05, 4.69) is 4.99 Å². The number of sulfonamides is 1. The van der Waals surface area contributed by atoms with Gasteiger partial charge in [-0.25, -0.2) is 16.8 Å². The summed E-state index contributed by atoms with van der Waals surface area (Å²) in [6.45, 7) is 4.25. The van der Waals surface area contributed by atoms with E-state index in [0.29, 0.717) is 22.6 Å². The number of carbonyl (C=O) groups is 1. The van der Waals surface area contributed by atoms with Crippen LogP contribution in [0.1, 0.15) is 24.2 Å². The van der Waals surface area contributed by atoms with E-state index in [4.69, 9.17) is 0 Å². The lowest BCUT2D eigenvalue weighted by atomic mass is 10.2. The van der Waals surface area contributed by atoms with Crippen molar-refractivity contribution in [2.24, 2.45) is 12.0 Å². The van der Waals surface area contributed by atoms with Crippen LogP contribution in [0.25, 0.3) is 10.2 Å². The van der Waals surface area contributed by atoms with Gasteiger partial charge < -0.3 is 4.57 Å². The van der Waals surface area contributed by atoms with Crippen LogP contribution < -0.4 is 4.80 Å². The molecular formula is C20H23N3O5S3. The molecule has 1 aromatic heterocycles. The number of carbonyl (C=O) groups excluding carboxylic acids is 1. The minimum atomic E-state index is -3.60. The van der Waals surface area contributed by atoms with Crippen molar-refractivity contribution in [1.82, 2.24) is 8.87 Å². The van der Waals surface area contributed by atoms with Gasteiger partial charge >= 0.3 is 0 Å². The summed E-state index contributed by atoms with van der Waals surface area (Å²) < 4.78 is 52.5. The van der Waals surface area contributed by atoms with Crippen molar-refractivity contribution in [1.29, 1.82) is 0 Å². The second-order valence-corrected chi connectivity index (χ2v) is 11.8. The lowest BCUT2D eigenvalue weighted by Gasteiger charge is -2.18. The Morgan fingerprint density at radius 1 is 1.00 bits per heavy atom. The molecule has 0 aliphatic carbocycles. The van der Waals surface area contributed by atoms with Gasteiger partial charge in [-0.3, -0.25) is 4.79 Å². The summed E-state index contributed by atoms with van der Waals surface area (Å²) in [5.41, 5.74) is 1.01. The van der Waals surface area contributed by atoms with E-state index in [1.807, 2.05) is 0 Å². The number of amides is 1. The molecular weight excluding hydrogens is 458 g/mol. The second-order valence-electron chi connectivity index (χ2n) is 6.88. The number of rotatable bonds is 6. The molecule has 3 rings (SSSR count). The molecule has 0 bridgehead atoms. The van der Waals surface area contributed by atoms with Gasteiger partial charge in [-0.1, -0.05) is 25.2 Å². The molecule has 0 spiro atoms. The Labute approximate surface area is 185 Å². The first-order valence-electron chi connectivity index (χ1n) is 9.48. The molecule has 0 radical (unpaired) electrons. The van der Waals surface area contributed by atoms with E-state index in [1.54, 1.807) is 37.6 Å². The summed E-state index contributed by atoms with van der Waals surface area (Å²) in [6.07, 6.45) is 1.14. The van der Waals surface area contributed by atoms with E-state index in [1.165, 1.54) is 46.0 Å². The van der Waals surface area contributed by atoms with Crippen LogP contribution in [0.3, 0.4) is 0 Å². The Kier molecular flexibility index (Phi) is 6.51. The zero-order chi connectivity index (χ0) is 23.0. The lowest BCUT2D eigenvalue weighted by molar-refractivity contribution is 0.0998. The third kappa shape index (κ3) is 4.64. The summed E-state index contributed by atoms with van der Waals surface area (Å²) >= 11 is 1.20. The van der Waals surface area contributed by atoms with Gasteiger partial charge in [0.05, 0.1) is 20.0 Å². The van der Waals surface area contributed by atoms with Gasteiger partial charge in [0.2, 0.25) is 10.0 Å². The average Bonchev–Trinajstić information content (AvgIpc) is 3.03. The average molecular weight is 482 g/mol. The molecule has 0 aliphatic rings. The minimum absolute atomic E-state index is 0.119. The summed E-state index contributed by atoms with van der Waals surface area (Å²) in [6, 6.07) is 10.4. The van der Waals surface area contributed by atoms with Crippen LogP contribution in [0.2, 0.25) is 0 Å². The van der Waals surface area contributed by atoms with Crippen molar-refractivity contribution >= 4 is 47.3 Å². The third-order valence-electron chi connectivity index (χ3n) is 4.85. The zero-order valence-electron chi connectivity index (χ0n) is 17.6. The van der Waals surface area contributed by atoms with Gasteiger partial charge in [0.15, 0.2) is 14.6 Å². The van der Waals surface area contributed by atoms with Crippen LogP contribution in [0.5, 0.6) is 0 Å². The van der Waals surface area contributed by atoms with Gasteiger partial charge in [0.1, 0.15) is 0 Å². The predicted octanol–water partition coefficient (Wildman–Crippen LogP) is 2.41. The molecule has 0 fully saturated rings. The smallest absolute Gasteiger partial charge is 0.279 e. The van der Waals surface area contributed by atoms with Crippen LogP contribution in [0.4, 0.5) is 0 Å². The van der Waals surface area contributed by atoms with Gasteiger partial charge in [0, 0.05) is 32.0 Å². The number of benzene rings is 2. The molecule has 0 N–H and O–H groups in total. The lowest BCUT2D eigenvalue weighted by Crippen LogP contribution is -2.30. The molecule has 0 aliphatic heterocycles. The van der Waals surface area contributed by atoms with Crippen LogP contribution in [-0.4, -0.2) is 51.0 Å². The van der Waals surface area contributed by atoms with Gasteiger partial charge in [-0.2, -0.15) is 9.30 Å². The molecule has 2 aromatic carbocycles. The van der Waals surface area contributed by atoms with Crippen LogP contribution in [0, 0.1) is 0 Å². The third-order valence-corrected chi connectivity index (χ3v) is 9.12. The number of thiazole rings is 1. The number of hydrogen-bond donors (Lipinski definition) is 0. The predicted molar refractivity (Wildman–Crippen MR) is 120 cm³/mol. The quantitative estimate of drug-likeness (QED) is 0.538. The normalized spacial score (nSPS) is 13.3. The molecule has 8 nitrogen and oxygen atoms in total. The topological polar surface area (TPSA) is 106 Å². The maximum Gasteiger partial charge on any atom is 0.279 e. The van der Waals surface area contributed by atoms with E-state index < -0.39 is 25.8 Å². The van der Waals surface area contributed by atoms with E-state index >= 15 is 0 Å². The first-order chi connectivity index (χ1) is 14.5. The highest BCUT2D eigenvalue weighted by atomic mass is 32.2. The Morgan fingerprint density at radius 2 is 1.58 bits per heavy atom. The first-order valence-corrected chi connectivity index (χ1v) is 13.6. The van der Waals surface area contributed by atoms with E-state index in [-0.39, 0.29) is 15.4 Å². The summed E-state index contributed by atoms with van der Waals surface area (Å²) in [4.78, 5) is 17.5. The summed E-state index contributed by atoms with van der Waals surface area (Å²) in [5.74, 6) is -0.516. The highest BCUT2D eigenvalue weighted by Gasteiger charge is 2.21. The Bertz CT molecular complexity index is 1410. The minimum Gasteiger partial charge on any atom is -0.319 e. The number of hydrogen-bond acceptors (Lipinski definition) is 6. The highest BCUT2D eigenvalue weighted by molar-refractivity contribution is 7.90. The van der Waals surface area contributed by atoms with Crippen molar-refractivity contribution in [3.05, 3.63) is 52.8 Å². The maximum atomic E-state index is 12.6. The van der Waals surface area contributed by atoms with Gasteiger partial charge in [-0.15, -0.1) is 0 Å². The number of nitrogens with zero attached hydrogens (tertiary/aromatic N) is 3.